The fourth-order valence-corrected chi connectivity index (χ4v) is 1.93. The number of carbonyl (C=O) groups excluding carboxylic acids is 1. The maximum Gasteiger partial charge on any atom is 0.341 e. The van der Waals surface area contributed by atoms with Gasteiger partial charge < -0.3 is 9.47 Å². The summed E-state index contributed by atoms with van der Waals surface area (Å²) in [5.74, 6) is -0.255. The molecule has 0 amide bonds. The zero-order valence-corrected chi connectivity index (χ0v) is 11.5. The lowest BCUT2D eigenvalue weighted by atomic mass is 10.2. The van der Waals surface area contributed by atoms with Gasteiger partial charge >= 0.3 is 5.97 Å². The molecule has 0 aliphatic rings. The molecule has 0 aromatic heterocycles. The van der Waals surface area contributed by atoms with Gasteiger partial charge in [0.25, 0.3) is 0 Å². The Kier molecular flexibility index (Phi) is 5.78. The smallest absolute Gasteiger partial charge is 0.341 e. The number of hydrogen-bond acceptors (Lipinski definition) is 5. The van der Waals surface area contributed by atoms with Crippen LogP contribution >= 0.6 is 0 Å². The van der Waals surface area contributed by atoms with Crippen molar-refractivity contribution in [1.82, 2.24) is 0 Å². The molecule has 0 bridgehead atoms. The van der Waals surface area contributed by atoms with E-state index in [1.165, 1.54) is 0 Å². The number of benzene rings is 1. The number of carbonyl (C=O) groups is 1. The molecule has 1 aromatic rings. The summed E-state index contributed by atoms with van der Waals surface area (Å²) >= 11 is 0. The van der Waals surface area contributed by atoms with E-state index in [9.17, 15) is 13.2 Å². The Hall–Kier alpha value is -1.60. The number of primary sulfonamides is 1. The van der Waals surface area contributed by atoms with Gasteiger partial charge in [-0.25, -0.2) is 18.4 Å². The van der Waals surface area contributed by atoms with Crippen LogP contribution in [0.2, 0.25) is 0 Å². The van der Waals surface area contributed by atoms with Gasteiger partial charge in [0.2, 0.25) is 10.0 Å². The standard InChI is InChI=1S/C12H17NO5S/c1-2-17-12(14)10-6-3-4-7-11(10)18-8-5-9-19(13,15)16/h3-4,6-7H,2,5,8-9H2,1H3,(H2,13,15,16). The third-order valence-electron chi connectivity index (χ3n) is 2.21. The van der Waals surface area contributed by atoms with Crippen LogP contribution in [0.15, 0.2) is 24.3 Å². The summed E-state index contributed by atoms with van der Waals surface area (Å²) in [6, 6.07) is 6.64. The van der Waals surface area contributed by atoms with Crippen molar-refractivity contribution < 1.29 is 22.7 Å². The van der Waals surface area contributed by atoms with Crippen molar-refractivity contribution in [2.24, 2.45) is 5.14 Å². The van der Waals surface area contributed by atoms with Crippen molar-refractivity contribution in [3.05, 3.63) is 29.8 Å². The normalized spacial score (nSPS) is 11.1. The zero-order valence-electron chi connectivity index (χ0n) is 10.7. The van der Waals surface area contributed by atoms with Gasteiger partial charge in [-0.05, 0) is 25.5 Å². The number of esters is 1. The number of hydrogen-bond donors (Lipinski definition) is 1. The van der Waals surface area contributed by atoms with Crippen molar-refractivity contribution in [3.8, 4) is 5.75 Å². The molecule has 0 atom stereocenters. The van der Waals surface area contributed by atoms with Crippen molar-refractivity contribution in [2.75, 3.05) is 19.0 Å². The minimum atomic E-state index is -3.49. The predicted molar refractivity (Wildman–Crippen MR) is 70.5 cm³/mol. The lowest BCUT2D eigenvalue weighted by Crippen LogP contribution is -2.18. The fourth-order valence-electron chi connectivity index (χ4n) is 1.41. The van der Waals surface area contributed by atoms with Crippen LogP contribution in [-0.4, -0.2) is 33.4 Å². The molecule has 1 aromatic carbocycles. The van der Waals surface area contributed by atoms with E-state index < -0.39 is 16.0 Å². The van der Waals surface area contributed by atoms with E-state index in [0.717, 1.165) is 0 Å². The third-order valence-corrected chi connectivity index (χ3v) is 3.07. The van der Waals surface area contributed by atoms with Gasteiger partial charge in [0.15, 0.2) is 0 Å². The molecular weight excluding hydrogens is 270 g/mol. The molecule has 106 valence electrons. The highest BCUT2D eigenvalue weighted by Crippen LogP contribution is 2.19. The van der Waals surface area contributed by atoms with E-state index in [1.807, 2.05) is 0 Å². The molecule has 1 rings (SSSR count). The lowest BCUT2D eigenvalue weighted by molar-refractivity contribution is 0.0521. The topological polar surface area (TPSA) is 95.7 Å². The van der Waals surface area contributed by atoms with Crippen LogP contribution in [0, 0.1) is 0 Å². The van der Waals surface area contributed by atoms with Gasteiger partial charge in [0, 0.05) is 0 Å². The summed E-state index contributed by atoms with van der Waals surface area (Å²) in [5.41, 5.74) is 0.319. The lowest BCUT2D eigenvalue weighted by Gasteiger charge is -2.10. The Morgan fingerprint density at radius 3 is 2.63 bits per heavy atom. The van der Waals surface area contributed by atoms with Crippen LogP contribution in [0.4, 0.5) is 0 Å². The Morgan fingerprint density at radius 2 is 2.00 bits per heavy atom. The zero-order chi connectivity index (χ0) is 14.3. The maximum absolute atomic E-state index is 11.6. The SMILES string of the molecule is CCOC(=O)c1ccccc1OCCCS(N)(=O)=O. The first kappa shape index (κ1) is 15.5. The quantitative estimate of drug-likeness (QED) is 0.594. The number of ether oxygens (including phenoxy) is 2. The monoisotopic (exact) mass is 287 g/mol. The highest BCUT2D eigenvalue weighted by molar-refractivity contribution is 7.89. The van der Waals surface area contributed by atoms with E-state index >= 15 is 0 Å². The highest BCUT2D eigenvalue weighted by Gasteiger charge is 2.13. The molecule has 0 saturated heterocycles. The molecule has 0 saturated carbocycles. The molecule has 6 nitrogen and oxygen atoms in total. The van der Waals surface area contributed by atoms with Gasteiger partial charge in [0.1, 0.15) is 11.3 Å². The number of rotatable bonds is 7. The van der Waals surface area contributed by atoms with E-state index in [-0.39, 0.29) is 25.4 Å². The molecule has 0 aliphatic carbocycles. The van der Waals surface area contributed by atoms with Gasteiger partial charge in [-0.3, -0.25) is 0 Å². The molecule has 2 N–H and O–H groups in total. The Labute approximate surface area is 112 Å². The van der Waals surface area contributed by atoms with Crippen LogP contribution < -0.4 is 9.88 Å². The van der Waals surface area contributed by atoms with Crippen LogP contribution in [0.5, 0.6) is 5.75 Å². The Morgan fingerprint density at radius 1 is 1.32 bits per heavy atom. The van der Waals surface area contributed by atoms with Crippen LogP contribution in [0.3, 0.4) is 0 Å². The average molecular weight is 287 g/mol. The molecule has 0 aliphatic heterocycles. The molecule has 0 unspecified atom stereocenters. The molecule has 19 heavy (non-hydrogen) atoms. The second-order valence-electron chi connectivity index (χ2n) is 3.79. The average Bonchev–Trinajstić information content (AvgIpc) is 2.34. The van der Waals surface area contributed by atoms with Gasteiger partial charge in [-0.2, -0.15) is 0 Å². The molecular formula is C12H17NO5S. The molecule has 0 spiro atoms. The Bertz CT molecular complexity index is 527. The summed E-state index contributed by atoms with van der Waals surface area (Å²) in [6.45, 7) is 2.15. The summed E-state index contributed by atoms with van der Waals surface area (Å²) < 4.78 is 31.8. The van der Waals surface area contributed by atoms with E-state index in [0.29, 0.717) is 11.3 Å². The minimum absolute atomic E-state index is 0.158. The first-order chi connectivity index (χ1) is 8.94. The van der Waals surface area contributed by atoms with Crippen LogP contribution in [0.1, 0.15) is 23.7 Å². The third kappa shape index (κ3) is 5.71. The highest BCUT2D eigenvalue weighted by atomic mass is 32.2. The molecule has 0 fully saturated rings. The summed E-state index contributed by atoms with van der Waals surface area (Å²) in [4.78, 5) is 11.6. The van der Waals surface area contributed by atoms with E-state index in [2.05, 4.69) is 0 Å². The number of sulfonamides is 1. The van der Waals surface area contributed by atoms with Crippen molar-refractivity contribution in [2.45, 2.75) is 13.3 Å². The second-order valence-corrected chi connectivity index (χ2v) is 5.52. The van der Waals surface area contributed by atoms with Crippen molar-refractivity contribution in [3.63, 3.8) is 0 Å². The summed E-state index contributed by atoms with van der Waals surface area (Å²) in [6.07, 6.45) is 0.260. The first-order valence-electron chi connectivity index (χ1n) is 5.83. The molecule has 0 radical (unpaired) electrons. The summed E-state index contributed by atoms with van der Waals surface area (Å²) in [7, 11) is -3.49. The first-order valence-corrected chi connectivity index (χ1v) is 7.55. The maximum atomic E-state index is 11.6. The van der Waals surface area contributed by atoms with E-state index in [1.54, 1.807) is 31.2 Å². The second kappa shape index (κ2) is 7.10. The van der Waals surface area contributed by atoms with Crippen molar-refractivity contribution in [1.29, 1.82) is 0 Å². The number of para-hydroxylation sites is 1. The largest absolute Gasteiger partial charge is 0.493 e. The van der Waals surface area contributed by atoms with E-state index in [4.69, 9.17) is 14.6 Å². The van der Waals surface area contributed by atoms with Crippen LogP contribution in [0.25, 0.3) is 0 Å². The van der Waals surface area contributed by atoms with Gasteiger partial charge in [-0.1, -0.05) is 12.1 Å². The Balaban J connectivity index is 2.61. The molecule has 7 heteroatoms. The fraction of sp³-hybridized carbons (Fsp3) is 0.417. The van der Waals surface area contributed by atoms with Crippen molar-refractivity contribution >= 4 is 16.0 Å². The molecule has 0 heterocycles. The van der Waals surface area contributed by atoms with Gasteiger partial charge in [0.05, 0.1) is 19.0 Å². The predicted octanol–water partition coefficient (Wildman–Crippen LogP) is 0.921. The van der Waals surface area contributed by atoms with Gasteiger partial charge in [-0.15, -0.1) is 0 Å². The summed E-state index contributed by atoms with van der Waals surface area (Å²) in [5, 5.41) is 4.88. The minimum Gasteiger partial charge on any atom is -0.493 e. The van der Waals surface area contributed by atoms with Crippen LogP contribution in [-0.2, 0) is 14.8 Å². The number of nitrogens with two attached hydrogens (primary N) is 1.